The van der Waals surface area contributed by atoms with Gasteiger partial charge in [-0.15, -0.1) is 0 Å². The highest BCUT2D eigenvalue weighted by Gasteiger charge is 2.49. The molecule has 0 radical (unpaired) electrons. The summed E-state index contributed by atoms with van der Waals surface area (Å²) in [5.41, 5.74) is 1.34. The zero-order valence-electron chi connectivity index (χ0n) is 13.1. The highest BCUT2D eigenvalue weighted by Crippen LogP contribution is 2.43. The van der Waals surface area contributed by atoms with E-state index in [-0.39, 0.29) is 11.5 Å². The van der Waals surface area contributed by atoms with Crippen LogP contribution in [-0.2, 0) is 11.3 Å². The summed E-state index contributed by atoms with van der Waals surface area (Å²) in [5, 5.41) is 3.61. The summed E-state index contributed by atoms with van der Waals surface area (Å²) < 4.78 is 11.3. The van der Waals surface area contributed by atoms with Crippen LogP contribution < -0.4 is 10.1 Å². The van der Waals surface area contributed by atoms with E-state index < -0.39 is 0 Å². The molecule has 0 bridgehead atoms. The van der Waals surface area contributed by atoms with Gasteiger partial charge >= 0.3 is 0 Å². The Kier molecular flexibility index (Phi) is 5.06. The SMILES string of the molecule is CCCNC1CC(Oc2cccc(COC)c2)C1(C)C. The normalized spacial score (nSPS) is 24.2. The van der Waals surface area contributed by atoms with Crippen molar-refractivity contribution >= 4 is 0 Å². The molecule has 1 aromatic carbocycles. The van der Waals surface area contributed by atoms with Crippen molar-refractivity contribution < 1.29 is 9.47 Å². The molecule has 1 saturated carbocycles. The molecule has 3 heteroatoms. The monoisotopic (exact) mass is 277 g/mol. The van der Waals surface area contributed by atoms with Gasteiger partial charge in [0.15, 0.2) is 0 Å². The Bertz CT molecular complexity index is 431. The van der Waals surface area contributed by atoms with Crippen LogP contribution in [0.15, 0.2) is 24.3 Å². The Morgan fingerprint density at radius 2 is 2.15 bits per heavy atom. The number of benzene rings is 1. The van der Waals surface area contributed by atoms with E-state index in [1.807, 2.05) is 12.1 Å². The summed E-state index contributed by atoms with van der Waals surface area (Å²) in [4.78, 5) is 0. The molecule has 0 heterocycles. The molecular weight excluding hydrogens is 250 g/mol. The first kappa shape index (κ1) is 15.3. The van der Waals surface area contributed by atoms with Crippen molar-refractivity contribution in [3.8, 4) is 5.75 Å². The molecule has 1 fully saturated rings. The Morgan fingerprint density at radius 1 is 1.35 bits per heavy atom. The first-order valence-electron chi connectivity index (χ1n) is 7.55. The van der Waals surface area contributed by atoms with Gasteiger partial charge in [-0.2, -0.15) is 0 Å². The van der Waals surface area contributed by atoms with Crippen LogP contribution in [0.4, 0.5) is 0 Å². The van der Waals surface area contributed by atoms with Crippen LogP contribution in [0.3, 0.4) is 0 Å². The maximum Gasteiger partial charge on any atom is 0.120 e. The minimum Gasteiger partial charge on any atom is -0.490 e. The van der Waals surface area contributed by atoms with Gasteiger partial charge in [-0.3, -0.25) is 0 Å². The summed E-state index contributed by atoms with van der Waals surface area (Å²) in [6.07, 6.45) is 2.55. The average Bonchev–Trinajstić information content (AvgIpc) is 2.43. The molecule has 0 aliphatic heterocycles. The molecule has 0 saturated heterocycles. The second-order valence-corrected chi connectivity index (χ2v) is 6.25. The van der Waals surface area contributed by atoms with E-state index in [4.69, 9.17) is 9.47 Å². The minimum absolute atomic E-state index is 0.187. The van der Waals surface area contributed by atoms with Crippen molar-refractivity contribution in [3.63, 3.8) is 0 Å². The zero-order valence-corrected chi connectivity index (χ0v) is 13.1. The van der Waals surface area contributed by atoms with Crippen molar-refractivity contribution in [1.29, 1.82) is 0 Å². The summed E-state index contributed by atoms with van der Waals surface area (Å²) in [7, 11) is 1.71. The summed E-state index contributed by atoms with van der Waals surface area (Å²) in [6, 6.07) is 8.76. The third-order valence-electron chi connectivity index (χ3n) is 4.31. The third kappa shape index (κ3) is 3.33. The number of nitrogens with one attached hydrogen (secondary N) is 1. The fourth-order valence-corrected chi connectivity index (χ4v) is 2.79. The fraction of sp³-hybridized carbons (Fsp3) is 0.647. The molecule has 0 aromatic heterocycles. The number of hydrogen-bond donors (Lipinski definition) is 1. The van der Waals surface area contributed by atoms with Gasteiger partial charge in [0.05, 0.1) is 6.61 Å². The van der Waals surface area contributed by atoms with Crippen LogP contribution in [0.25, 0.3) is 0 Å². The van der Waals surface area contributed by atoms with E-state index in [2.05, 4.69) is 38.2 Å². The number of rotatable bonds is 7. The van der Waals surface area contributed by atoms with Crippen LogP contribution >= 0.6 is 0 Å². The van der Waals surface area contributed by atoms with E-state index >= 15 is 0 Å². The molecule has 1 aliphatic rings. The summed E-state index contributed by atoms with van der Waals surface area (Å²) in [5.74, 6) is 0.951. The minimum atomic E-state index is 0.187. The Labute approximate surface area is 122 Å². The predicted octanol–water partition coefficient (Wildman–Crippen LogP) is 3.38. The maximum absolute atomic E-state index is 6.17. The second-order valence-electron chi connectivity index (χ2n) is 6.25. The van der Waals surface area contributed by atoms with Gasteiger partial charge in [-0.25, -0.2) is 0 Å². The Morgan fingerprint density at radius 3 is 2.80 bits per heavy atom. The number of hydrogen-bond acceptors (Lipinski definition) is 3. The van der Waals surface area contributed by atoms with Gasteiger partial charge in [0.25, 0.3) is 0 Å². The van der Waals surface area contributed by atoms with Gasteiger partial charge in [0.2, 0.25) is 0 Å². The molecule has 0 spiro atoms. The van der Waals surface area contributed by atoms with Crippen molar-refractivity contribution in [2.75, 3.05) is 13.7 Å². The van der Waals surface area contributed by atoms with E-state index in [0.29, 0.717) is 12.6 Å². The highest BCUT2D eigenvalue weighted by atomic mass is 16.5. The molecule has 20 heavy (non-hydrogen) atoms. The summed E-state index contributed by atoms with van der Waals surface area (Å²) in [6.45, 7) is 8.49. The summed E-state index contributed by atoms with van der Waals surface area (Å²) >= 11 is 0. The zero-order chi connectivity index (χ0) is 14.6. The standard InChI is InChI=1S/C17H27NO2/c1-5-9-18-15-11-16(17(15,2)3)20-14-8-6-7-13(10-14)12-19-4/h6-8,10,15-16,18H,5,9,11-12H2,1-4H3. The molecule has 112 valence electrons. The average molecular weight is 277 g/mol. The first-order chi connectivity index (χ1) is 9.57. The van der Waals surface area contributed by atoms with Gasteiger partial charge < -0.3 is 14.8 Å². The Hall–Kier alpha value is -1.06. The molecule has 0 amide bonds. The predicted molar refractivity (Wildman–Crippen MR) is 82.1 cm³/mol. The van der Waals surface area contributed by atoms with Crippen LogP contribution in [0.2, 0.25) is 0 Å². The van der Waals surface area contributed by atoms with Crippen molar-refractivity contribution in [3.05, 3.63) is 29.8 Å². The first-order valence-corrected chi connectivity index (χ1v) is 7.55. The molecule has 3 nitrogen and oxygen atoms in total. The molecule has 1 aliphatic carbocycles. The Balaban J connectivity index is 1.93. The molecular formula is C17H27NO2. The fourth-order valence-electron chi connectivity index (χ4n) is 2.79. The smallest absolute Gasteiger partial charge is 0.120 e. The maximum atomic E-state index is 6.17. The van der Waals surface area contributed by atoms with Gasteiger partial charge in [0, 0.05) is 25.0 Å². The largest absolute Gasteiger partial charge is 0.490 e. The van der Waals surface area contributed by atoms with Gasteiger partial charge in [-0.1, -0.05) is 32.9 Å². The number of methoxy groups -OCH3 is 1. The number of ether oxygens (including phenoxy) is 2. The van der Waals surface area contributed by atoms with E-state index in [0.717, 1.165) is 24.3 Å². The third-order valence-corrected chi connectivity index (χ3v) is 4.31. The van der Waals surface area contributed by atoms with Crippen LogP contribution in [0.5, 0.6) is 5.75 Å². The molecule has 1 aromatic rings. The molecule has 2 rings (SSSR count). The van der Waals surface area contributed by atoms with Crippen molar-refractivity contribution in [2.45, 2.75) is 52.4 Å². The molecule has 2 atom stereocenters. The van der Waals surface area contributed by atoms with E-state index in [1.165, 1.54) is 6.42 Å². The van der Waals surface area contributed by atoms with E-state index in [9.17, 15) is 0 Å². The van der Waals surface area contributed by atoms with Crippen molar-refractivity contribution in [1.82, 2.24) is 5.32 Å². The molecule has 1 N–H and O–H groups in total. The topological polar surface area (TPSA) is 30.5 Å². The van der Waals surface area contributed by atoms with Gasteiger partial charge in [0.1, 0.15) is 11.9 Å². The van der Waals surface area contributed by atoms with E-state index in [1.54, 1.807) is 7.11 Å². The van der Waals surface area contributed by atoms with Gasteiger partial charge in [-0.05, 0) is 30.7 Å². The quantitative estimate of drug-likeness (QED) is 0.829. The van der Waals surface area contributed by atoms with Crippen molar-refractivity contribution in [2.24, 2.45) is 5.41 Å². The lowest BCUT2D eigenvalue weighted by molar-refractivity contribution is -0.0546. The van der Waals surface area contributed by atoms with Crippen LogP contribution in [-0.4, -0.2) is 25.8 Å². The second kappa shape index (κ2) is 6.59. The van der Waals surface area contributed by atoms with Crippen LogP contribution in [0, 0.1) is 5.41 Å². The lowest BCUT2D eigenvalue weighted by Gasteiger charge is -2.51. The highest BCUT2D eigenvalue weighted by molar-refractivity contribution is 5.29. The lowest BCUT2D eigenvalue weighted by atomic mass is 9.64. The van der Waals surface area contributed by atoms with Crippen LogP contribution in [0.1, 0.15) is 39.2 Å². The lowest BCUT2D eigenvalue weighted by Crippen LogP contribution is -2.62. The molecule has 2 unspecified atom stereocenters.